The molecular formula is C29H40FN3O6. The number of benzene rings is 1. The molecule has 4 fully saturated rings. The van der Waals surface area contributed by atoms with Gasteiger partial charge in [0.05, 0.1) is 25.5 Å². The summed E-state index contributed by atoms with van der Waals surface area (Å²) in [6.07, 6.45) is 6.01. The monoisotopic (exact) mass is 545 g/mol. The zero-order valence-electron chi connectivity index (χ0n) is 22.8. The summed E-state index contributed by atoms with van der Waals surface area (Å²) in [6, 6.07) is 5.38. The van der Waals surface area contributed by atoms with Gasteiger partial charge in [-0.2, -0.15) is 0 Å². The third-order valence-electron chi connectivity index (χ3n) is 9.68. The molecule has 1 spiro atoms. The van der Waals surface area contributed by atoms with E-state index in [9.17, 15) is 14.0 Å². The summed E-state index contributed by atoms with van der Waals surface area (Å²) < 4.78 is 36.0. The highest BCUT2D eigenvalue weighted by Crippen LogP contribution is 2.49. The van der Waals surface area contributed by atoms with Gasteiger partial charge in [-0.3, -0.25) is 4.90 Å². The van der Waals surface area contributed by atoms with Crippen LogP contribution in [0.4, 0.5) is 19.7 Å². The molecule has 3 unspecified atom stereocenters. The lowest BCUT2D eigenvalue weighted by Crippen LogP contribution is -2.49. The second-order valence-electron chi connectivity index (χ2n) is 11.8. The third kappa shape index (κ3) is 5.23. The van der Waals surface area contributed by atoms with Gasteiger partial charge in [0.15, 0.2) is 0 Å². The standard InChI is InChI=1S/C29H40FN3O6/c1-36-13-14-38-27(34)33-19-29(24-16-21(30)4-5-25(24)33)7-10-31(11-8-29)22-15-20-3-2-9-32(26(20)17-22)28(35)39-23-6-12-37-18-23/h4-5,16,20,22-23,26H,2-3,6-15,17-19H2,1H3/t20?,22?,23-,26?/m0/s1. The van der Waals surface area contributed by atoms with Crippen molar-refractivity contribution in [3.8, 4) is 0 Å². The van der Waals surface area contributed by atoms with Crippen molar-refractivity contribution >= 4 is 17.9 Å². The van der Waals surface area contributed by atoms with Crippen molar-refractivity contribution in [1.82, 2.24) is 9.80 Å². The topological polar surface area (TPSA) is 80.8 Å². The number of carbonyl (C=O) groups excluding carboxylic acids is 2. The predicted octanol–water partition coefficient (Wildman–Crippen LogP) is 3.93. The van der Waals surface area contributed by atoms with Crippen molar-refractivity contribution in [2.75, 3.05) is 64.6 Å². The summed E-state index contributed by atoms with van der Waals surface area (Å²) in [5.74, 6) is 0.229. The SMILES string of the molecule is COCCOC(=O)N1CC2(CCN(C3CC4CCCN(C(=O)O[C@H]5CCOC5)C4C3)CC2)c2cc(F)ccc21. The van der Waals surface area contributed by atoms with Crippen LogP contribution in [-0.4, -0.2) is 99.9 Å². The number of ether oxygens (including phenoxy) is 4. The second-order valence-corrected chi connectivity index (χ2v) is 11.8. The van der Waals surface area contributed by atoms with Crippen LogP contribution in [-0.2, 0) is 24.4 Å². The average molecular weight is 546 g/mol. The fourth-order valence-electron chi connectivity index (χ4n) is 7.64. The minimum Gasteiger partial charge on any atom is -0.447 e. The maximum Gasteiger partial charge on any atom is 0.414 e. The van der Waals surface area contributed by atoms with Crippen LogP contribution in [0.1, 0.15) is 50.5 Å². The van der Waals surface area contributed by atoms with E-state index < -0.39 is 6.09 Å². The smallest absolute Gasteiger partial charge is 0.414 e. The van der Waals surface area contributed by atoms with Crippen LogP contribution >= 0.6 is 0 Å². The van der Waals surface area contributed by atoms with Gasteiger partial charge in [-0.25, -0.2) is 14.0 Å². The Balaban J connectivity index is 1.10. The maximum absolute atomic E-state index is 14.4. The van der Waals surface area contributed by atoms with Gasteiger partial charge in [-0.05, 0) is 81.3 Å². The second kappa shape index (κ2) is 11.2. The number of likely N-dealkylation sites (tertiary alicyclic amines) is 2. The molecule has 0 radical (unpaired) electrons. The Bertz CT molecular complexity index is 1060. The first kappa shape index (κ1) is 26.8. The fourth-order valence-corrected chi connectivity index (χ4v) is 7.64. The van der Waals surface area contributed by atoms with Gasteiger partial charge in [0.2, 0.25) is 0 Å². The minimum atomic E-state index is -0.407. The highest BCUT2D eigenvalue weighted by Gasteiger charge is 2.50. The lowest BCUT2D eigenvalue weighted by molar-refractivity contribution is 0.0286. The van der Waals surface area contributed by atoms with Crippen LogP contribution in [0.5, 0.6) is 0 Å². The molecule has 1 aromatic rings. The number of piperidine rings is 2. The number of amides is 2. The summed E-state index contributed by atoms with van der Waals surface area (Å²) in [5, 5.41) is 0. The van der Waals surface area contributed by atoms with Crippen molar-refractivity contribution in [1.29, 1.82) is 0 Å². The van der Waals surface area contributed by atoms with E-state index in [1.54, 1.807) is 24.1 Å². The molecule has 5 aliphatic rings. The molecule has 1 saturated carbocycles. The Morgan fingerprint density at radius 3 is 2.72 bits per heavy atom. The van der Waals surface area contributed by atoms with Crippen molar-refractivity contribution < 1.29 is 32.9 Å². The quantitative estimate of drug-likeness (QED) is 0.519. The number of halogens is 1. The zero-order chi connectivity index (χ0) is 27.0. The molecular weight excluding hydrogens is 505 g/mol. The van der Waals surface area contributed by atoms with Gasteiger partial charge < -0.3 is 28.7 Å². The molecule has 4 aliphatic heterocycles. The molecule has 0 N–H and O–H groups in total. The number of hydrogen-bond donors (Lipinski definition) is 0. The van der Waals surface area contributed by atoms with Gasteiger partial charge in [0, 0.05) is 44.1 Å². The summed E-state index contributed by atoms with van der Waals surface area (Å²) >= 11 is 0. The van der Waals surface area contributed by atoms with Crippen LogP contribution in [0, 0.1) is 11.7 Å². The number of anilines is 1. The molecule has 1 aliphatic carbocycles. The highest BCUT2D eigenvalue weighted by atomic mass is 19.1. The predicted molar refractivity (Wildman–Crippen MR) is 141 cm³/mol. The Kier molecular flexibility index (Phi) is 7.70. The molecule has 214 valence electrons. The molecule has 1 aromatic carbocycles. The third-order valence-corrected chi connectivity index (χ3v) is 9.68. The Morgan fingerprint density at radius 2 is 1.95 bits per heavy atom. The van der Waals surface area contributed by atoms with E-state index in [0.717, 1.165) is 75.8 Å². The molecule has 39 heavy (non-hydrogen) atoms. The molecule has 6 rings (SSSR count). The average Bonchev–Trinajstić information content (AvgIpc) is 3.68. The van der Waals surface area contributed by atoms with Crippen LogP contribution in [0.3, 0.4) is 0 Å². The van der Waals surface area contributed by atoms with E-state index in [-0.39, 0.29) is 36.1 Å². The number of methoxy groups -OCH3 is 1. The van der Waals surface area contributed by atoms with Gasteiger partial charge in [0.25, 0.3) is 0 Å². The largest absolute Gasteiger partial charge is 0.447 e. The van der Waals surface area contributed by atoms with E-state index in [1.807, 2.05) is 4.90 Å². The maximum atomic E-state index is 14.4. The molecule has 10 heteroatoms. The molecule has 4 atom stereocenters. The Hall–Kier alpha value is -2.43. The van der Waals surface area contributed by atoms with Crippen molar-refractivity contribution in [3.05, 3.63) is 29.6 Å². The summed E-state index contributed by atoms with van der Waals surface area (Å²) in [4.78, 5) is 32.1. The van der Waals surface area contributed by atoms with Crippen molar-refractivity contribution in [3.63, 3.8) is 0 Å². The van der Waals surface area contributed by atoms with E-state index in [0.29, 0.717) is 38.3 Å². The Labute approximate surface area is 229 Å². The fraction of sp³-hybridized carbons (Fsp3) is 0.724. The highest BCUT2D eigenvalue weighted by molar-refractivity contribution is 5.91. The molecule has 3 saturated heterocycles. The number of hydrogen-bond acceptors (Lipinski definition) is 7. The van der Waals surface area contributed by atoms with Crippen LogP contribution in [0.25, 0.3) is 0 Å². The first-order chi connectivity index (χ1) is 19.0. The number of rotatable bonds is 5. The van der Waals surface area contributed by atoms with Crippen molar-refractivity contribution in [2.45, 2.75) is 68.5 Å². The lowest BCUT2D eigenvalue weighted by atomic mass is 9.74. The first-order valence-corrected chi connectivity index (χ1v) is 14.5. The molecule has 4 heterocycles. The van der Waals surface area contributed by atoms with E-state index >= 15 is 0 Å². The number of fused-ring (bicyclic) bond motifs is 3. The number of carbonyl (C=O) groups is 2. The van der Waals surface area contributed by atoms with Gasteiger partial charge in [-0.1, -0.05) is 0 Å². The Morgan fingerprint density at radius 1 is 1.10 bits per heavy atom. The van der Waals surface area contributed by atoms with Gasteiger partial charge in [-0.15, -0.1) is 0 Å². The lowest BCUT2D eigenvalue weighted by Gasteiger charge is -2.42. The normalized spacial score (nSPS) is 29.9. The molecule has 2 amide bonds. The molecule has 9 nitrogen and oxygen atoms in total. The number of nitrogens with zero attached hydrogens (tertiary/aromatic N) is 3. The van der Waals surface area contributed by atoms with Gasteiger partial charge >= 0.3 is 12.2 Å². The van der Waals surface area contributed by atoms with E-state index in [4.69, 9.17) is 18.9 Å². The van der Waals surface area contributed by atoms with Crippen LogP contribution < -0.4 is 4.90 Å². The van der Waals surface area contributed by atoms with E-state index in [2.05, 4.69) is 4.90 Å². The molecule has 0 aromatic heterocycles. The van der Waals surface area contributed by atoms with Crippen LogP contribution in [0.2, 0.25) is 0 Å². The van der Waals surface area contributed by atoms with Crippen molar-refractivity contribution in [2.24, 2.45) is 5.92 Å². The molecule has 0 bridgehead atoms. The minimum absolute atomic E-state index is 0.121. The van der Waals surface area contributed by atoms with Crippen LogP contribution in [0.15, 0.2) is 18.2 Å². The van der Waals surface area contributed by atoms with Gasteiger partial charge in [0.1, 0.15) is 18.5 Å². The summed E-state index contributed by atoms with van der Waals surface area (Å²) in [6.45, 7) is 4.73. The summed E-state index contributed by atoms with van der Waals surface area (Å²) in [5.41, 5.74) is 1.38. The zero-order valence-corrected chi connectivity index (χ0v) is 22.8. The first-order valence-electron chi connectivity index (χ1n) is 14.5. The van der Waals surface area contributed by atoms with E-state index in [1.165, 1.54) is 6.07 Å². The summed E-state index contributed by atoms with van der Waals surface area (Å²) in [7, 11) is 1.57.